The number of carbonyl (C=O) groups excluding carboxylic acids is 1. The third-order valence-electron chi connectivity index (χ3n) is 2.62. The quantitative estimate of drug-likeness (QED) is 0.408. The summed E-state index contributed by atoms with van der Waals surface area (Å²) in [6, 6.07) is 5.58. The van der Waals surface area contributed by atoms with Crippen LogP contribution in [0.2, 0.25) is 0 Å². The normalized spacial score (nSPS) is 13.0. The molecule has 0 fully saturated rings. The number of hydrogen-bond donors (Lipinski definition) is 3. The maximum Gasteiger partial charge on any atom is 0.265 e. The van der Waals surface area contributed by atoms with Gasteiger partial charge in [-0.3, -0.25) is 10.2 Å². The summed E-state index contributed by atoms with van der Waals surface area (Å²) in [5, 5.41) is 0. The molecule has 1 aromatic carbocycles. The van der Waals surface area contributed by atoms with Gasteiger partial charge in [0, 0.05) is 11.6 Å². The number of sulfonamides is 1. The van der Waals surface area contributed by atoms with E-state index in [1.54, 1.807) is 6.92 Å². The van der Waals surface area contributed by atoms with Crippen LogP contribution in [0.15, 0.2) is 29.2 Å². The Balaban J connectivity index is 2.98. The fraction of sp³-hybridized carbons (Fsp3) is 0.417. The molecule has 7 heteroatoms. The molecular weight excluding hydrogens is 266 g/mol. The number of nitrogens with two attached hydrogens (primary N) is 1. The van der Waals surface area contributed by atoms with E-state index in [4.69, 9.17) is 5.84 Å². The van der Waals surface area contributed by atoms with Crippen molar-refractivity contribution in [2.75, 3.05) is 0 Å². The molecule has 0 aliphatic carbocycles. The number of nitrogens with one attached hydrogen (secondary N) is 2. The lowest BCUT2D eigenvalue weighted by Crippen LogP contribution is -2.33. The van der Waals surface area contributed by atoms with E-state index in [9.17, 15) is 13.2 Å². The van der Waals surface area contributed by atoms with Gasteiger partial charge in [0.05, 0.1) is 4.90 Å². The molecule has 4 N–H and O–H groups in total. The fourth-order valence-corrected chi connectivity index (χ4v) is 3.04. The summed E-state index contributed by atoms with van der Waals surface area (Å²) in [7, 11) is -3.62. The highest BCUT2D eigenvalue weighted by molar-refractivity contribution is 7.89. The number of nitrogen functional groups attached to an aromatic ring is 1. The Morgan fingerprint density at radius 2 is 2.11 bits per heavy atom. The topological polar surface area (TPSA) is 101 Å². The van der Waals surface area contributed by atoms with Crippen LogP contribution in [0.1, 0.15) is 37.0 Å². The van der Waals surface area contributed by atoms with Crippen molar-refractivity contribution in [2.24, 2.45) is 5.84 Å². The molecule has 0 saturated heterocycles. The number of benzene rings is 1. The molecule has 0 spiro atoms. The van der Waals surface area contributed by atoms with E-state index in [0.29, 0.717) is 0 Å². The first-order valence-electron chi connectivity index (χ1n) is 6.04. The molecule has 1 unspecified atom stereocenters. The largest absolute Gasteiger partial charge is 0.290 e. The first-order chi connectivity index (χ1) is 8.90. The van der Waals surface area contributed by atoms with Crippen molar-refractivity contribution in [3.63, 3.8) is 0 Å². The molecule has 0 heterocycles. The average molecular weight is 285 g/mol. The van der Waals surface area contributed by atoms with Crippen LogP contribution >= 0.6 is 0 Å². The molecule has 1 amide bonds. The summed E-state index contributed by atoms with van der Waals surface area (Å²) < 4.78 is 26.8. The van der Waals surface area contributed by atoms with Crippen molar-refractivity contribution in [3.8, 4) is 0 Å². The SMILES string of the molecule is CCCC(C)NS(=O)(=O)c1cccc(C(=O)NN)c1. The summed E-state index contributed by atoms with van der Waals surface area (Å²) in [4.78, 5) is 11.4. The molecule has 0 bridgehead atoms. The van der Waals surface area contributed by atoms with Gasteiger partial charge >= 0.3 is 0 Å². The van der Waals surface area contributed by atoms with Gasteiger partial charge < -0.3 is 0 Å². The van der Waals surface area contributed by atoms with Crippen LogP contribution < -0.4 is 16.0 Å². The van der Waals surface area contributed by atoms with Gasteiger partial charge in [0.1, 0.15) is 0 Å². The van der Waals surface area contributed by atoms with Crippen LogP contribution in [0.4, 0.5) is 0 Å². The Bertz CT molecular complexity index is 543. The van der Waals surface area contributed by atoms with Crippen LogP contribution in [0, 0.1) is 0 Å². The van der Waals surface area contributed by atoms with Crippen molar-refractivity contribution in [1.82, 2.24) is 10.1 Å². The number of rotatable bonds is 6. The summed E-state index contributed by atoms with van der Waals surface area (Å²) in [6.07, 6.45) is 1.64. The zero-order valence-electron chi connectivity index (χ0n) is 11.0. The van der Waals surface area contributed by atoms with E-state index in [2.05, 4.69) is 4.72 Å². The third kappa shape index (κ3) is 4.30. The summed E-state index contributed by atoms with van der Waals surface area (Å²) in [5.74, 6) is 4.49. The standard InChI is InChI=1S/C12H19N3O3S/c1-3-5-9(2)15-19(17,18)11-7-4-6-10(8-11)12(16)14-13/h4,6-9,15H,3,5,13H2,1-2H3,(H,14,16). The summed E-state index contributed by atoms with van der Waals surface area (Å²) in [6.45, 7) is 3.79. The highest BCUT2D eigenvalue weighted by atomic mass is 32.2. The van der Waals surface area contributed by atoms with Crippen molar-refractivity contribution in [1.29, 1.82) is 0 Å². The summed E-state index contributed by atoms with van der Waals surface area (Å²) >= 11 is 0. The van der Waals surface area contributed by atoms with Crippen molar-refractivity contribution in [3.05, 3.63) is 29.8 Å². The molecular formula is C12H19N3O3S. The lowest BCUT2D eigenvalue weighted by molar-refractivity contribution is 0.0953. The Labute approximate surface area is 113 Å². The Kier molecular flexibility index (Phi) is 5.46. The van der Waals surface area contributed by atoms with Crippen LogP contribution in [0.3, 0.4) is 0 Å². The minimum atomic E-state index is -3.62. The number of hydrogen-bond acceptors (Lipinski definition) is 4. The molecule has 0 saturated carbocycles. The van der Waals surface area contributed by atoms with E-state index in [-0.39, 0.29) is 16.5 Å². The van der Waals surface area contributed by atoms with Crippen LogP contribution in [-0.4, -0.2) is 20.4 Å². The van der Waals surface area contributed by atoms with E-state index in [0.717, 1.165) is 12.8 Å². The smallest absolute Gasteiger partial charge is 0.265 e. The minimum absolute atomic E-state index is 0.0524. The van der Waals surface area contributed by atoms with Gasteiger partial charge in [0.15, 0.2) is 0 Å². The molecule has 0 radical (unpaired) electrons. The van der Waals surface area contributed by atoms with Gasteiger partial charge in [-0.25, -0.2) is 19.0 Å². The molecule has 19 heavy (non-hydrogen) atoms. The van der Waals surface area contributed by atoms with Gasteiger partial charge in [0.25, 0.3) is 5.91 Å². The molecule has 1 aromatic rings. The van der Waals surface area contributed by atoms with Crippen LogP contribution in [-0.2, 0) is 10.0 Å². The van der Waals surface area contributed by atoms with E-state index < -0.39 is 15.9 Å². The number of hydrazine groups is 1. The highest BCUT2D eigenvalue weighted by Gasteiger charge is 2.18. The fourth-order valence-electron chi connectivity index (χ4n) is 1.71. The van der Waals surface area contributed by atoms with Gasteiger partial charge in [0.2, 0.25) is 10.0 Å². The van der Waals surface area contributed by atoms with Gasteiger partial charge in [-0.1, -0.05) is 19.4 Å². The number of amides is 1. The first kappa shape index (κ1) is 15.6. The number of carbonyl (C=O) groups is 1. The van der Waals surface area contributed by atoms with Crippen molar-refractivity contribution in [2.45, 2.75) is 37.6 Å². The molecule has 1 rings (SSSR count). The molecule has 0 aliphatic heterocycles. The zero-order valence-corrected chi connectivity index (χ0v) is 11.8. The monoisotopic (exact) mass is 285 g/mol. The predicted octanol–water partition coefficient (Wildman–Crippen LogP) is 0.757. The molecule has 106 valence electrons. The summed E-state index contributed by atoms with van der Waals surface area (Å²) in [5.41, 5.74) is 2.17. The van der Waals surface area contributed by atoms with Gasteiger partial charge in [-0.05, 0) is 31.5 Å². The van der Waals surface area contributed by atoms with E-state index in [1.165, 1.54) is 24.3 Å². The Morgan fingerprint density at radius 1 is 1.42 bits per heavy atom. The zero-order chi connectivity index (χ0) is 14.5. The van der Waals surface area contributed by atoms with Crippen molar-refractivity contribution < 1.29 is 13.2 Å². The highest BCUT2D eigenvalue weighted by Crippen LogP contribution is 2.12. The minimum Gasteiger partial charge on any atom is -0.290 e. The maximum atomic E-state index is 12.1. The Morgan fingerprint density at radius 3 is 2.68 bits per heavy atom. The lowest BCUT2D eigenvalue weighted by Gasteiger charge is -2.13. The molecule has 6 nitrogen and oxygen atoms in total. The van der Waals surface area contributed by atoms with Crippen LogP contribution in [0.5, 0.6) is 0 Å². The maximum absolute atomic E-state index is 12.1. The van der Waals surface area contributed by atoms with Crippen molar-refractivity contribution >= 4 is 15.9 Å². The molecule has 0 aliphatic rings. The third-order valence-corrected chi connectivity index (χ3v) is 4.20. The average Bonchev–Trinajstić information content (AvgIpc) is 2.37. The van der Waals surface area contributed by atoms with Crippen LogP contribution in [0.25, 0.3) is 0 Å². The molecule has 0 aromatic heterocycles. The second kappa shape index (κ2) is 6.65. The molecule has 1 atom stereocenters. The second-order valence-corrected chi connectivity index (χ2v) is 6.03. The first-order valence-corrected chi connectivity index (χ1v) is 7.52. The lowest BCUT2D eigenvalue weighted by atomic mass is 10.2. The van der Waals surface area contributed by atoms with Gasteiger partial charge in [-0.2, -0.15) is 0 Å². The predicted molar refractivity (Wildman–Crippen MR) is 72.8 cm³/mol. The van der Waals surface area contributed by atoms with E-state index in [1.807, 2.05) is 12.3 Å². The Hall–Kier alpha value is -1.44. The second-order valence-electron chi connectivity index (χ2n) is 4.31. The van der Waals surface area contributed by atoms with E-state index >= 15 is 0 Å². The van der Waals surface area contributed by atoms with Gasteiger partial charge in [-0.15, -0.1) is 0 Å².